The summed E-state index contributed by atoms with van der Waals surface area (Å²) in [5.74, 6) is 1.55. The molecule has 2 aromatic heterocycles. The number of aromatic nitrogens is 3. The molecule has 6 heteroatoms. The molecule has 1 unspecified atom stereocenters. The number of nitrogens with zero attached hydrogens (tertiary/aromatic N) is 4. The highest BCUT2D eigenvalue weighted by atomic mass is 16.2. The molecular formula is C19H25N5O. The fraction of sp³-hybridized carbons (Fsp3) is 0.474. The first-order valence-corrected chi connectivity index (χ1v) is 8.90. The number of rotatable bonds is 5. The van der Waals surface area contributed by atoms with Crippen LogP contribution in [0.3, 0.4) is 0 Å². The minimum Gasteiger partial charge on any atom is -0.372 e. The Kier molecular flexibility index (Phi) is 5.93. The monoisotopic (exact) mass is 339 g/mol. The van der Waals surface area contributed by atoms with Gasteiger partial charge in [-0.2, -0.15) is 0 Å². The van der Waals surface area contributed by atoms with Crippen LogP contribution in [0.1, 0.15) is 30.5 Å². The van der Waals surface area contributed by atoms with Crippen LogP contribution in [0.15, 0.2) is 36.9 Å². The van der Waals surface area contributed by atoms with Crippen molar-refractivity contribution in [3.63, 3.8) is 0 Å². The van der Waals surface area contributed by atoms with E-state index >= 15 is 0 Å². The molecule has 0 bridgehead atoms. The Morgan fingerprint density at radius 2 is 2.16 bits per heavy atom. The number of carbonyl (C=O) groups excluding carboxylic acids is 1. The largest absolute Gasteiger partial charge is 0.372 e. The molecule has 0 aliphatic carbocycles. The molecule has 0 spiro atoms. The summed E-state index contributed by atoms with van der Waals surface area (Å²) in [6.07, 6.45) is 11.7. The normalized spacial score (nSPS) is 17.8. The molecule has 0 saturated carbocycles. The molecule has 1 saturated heterocycles. The molecule has 1 amide bonds. The minimum atomic E-state index is 0.201. The summed E-state index contributed by atoms with van der Waals surface area (Å²) in [6, 6.07) is 3.83. The predicted octanol–water partition coefficient (Wildman–Crippen LogP) is 2.33. The van der Waals surface area contributed by atoms with E-state index in [2.05, 4.69) is 20.3 Å². The van der Waals surface area contributed by atoms with Crippen molar-refractivity contribution >= 4 is 11.7 Å². The maximum atomic E-state index is 12.5. The van der Waals surface area contributed by atoms with Gasteiger partial charge in [-0.3, -0.25) is 14.8 Å². The van der Waals surface area contributed by atoms with Gasteiger partial charge >= 0.3 is 0 Å². The fourth-order valence-corrected chi connectivity index (χ4v) is 3.29. The molecule has 6 nitrogen and oxygen atoms in total. The Morgan fingerprint density at radius 3 is 2.88 bits per heavy atom. The van der Waals surface area contributed by atoms with Crippen LogP contribution in [0.5, 0.6) is 0 Å². The van der Waals surface area contributed by atoms with Crippen molar-refractivity contribution in [1.82, 2.24) is 19.9 Å². The van der Waals surface area contributed by atoms with Crippen LogP contribution < -0.4 is 5.32 Å². The Balaban J connectivity index is 1.52. The van der Waals surface area contributed by atoms with Crippen molar-refractivity contribution in [3.8, 4) is 0 Å². The molecule has 1 N–H and O–H groups in total. The summed E-state index contributed by atoms with van der Waals surface area (Å²) in [6.45, 7) is 1.67. The molecule has 25 heavy (non-hydrogen) atoms. The van der Waals surface area contributed by atoms with Gasteiger partial charge in [-0.1, -0.05) is 6.07 Å². The van der Waals surface area contributed by atoms with Gasteiger partial charge in [0.05, 0.1) is 24.5 Å². The molecule has 3 heterocycles. The van der Waals surface area contributed by atoms with Gasteiger partial charge in [0.2, 0.25) is 5.91 Å². The second kappa shape index (κ2) is 8.55. The van der Waals surface area contributed by atoms with E-state index in [4.69, 9.17) is 0 Å². The van der Waals surface area contributed by atoms with Gasteiger partial charge in [0, 0.05) is 32.5 Å². The van der Waals surface area contributed by atoms with Crippen molar-refractivity contribution in [2.24, 2.45) is 5.92 Å². The third kappa shape index (κ3) is 4.98. The molecule has 132 valence electrons. The Bertz CT molecular complexity index is 674. The molecule has 1 aliphatic rings. The average molecular weight is 339 g/mol. The molecule has 0 aromatic carbocycles. The van der Waals surface area contributed by atoms with Crippen LogP contribution in [0.25, 0.3) is 0 Å². The van der Waals surface area contributed by atoms with Crippen LogP contribution in [-0.2, 0) is 17.6 Å². The summed E-state index contributed by atoms with van der Waals surface area (Å²) in [4.78, 5) is 27.4. The first-order chi connectivity index (χ1) is 12.2. The minimum absolute atomic E-state index is 0.201. The summed E-state index contributed by atoms with van der Waals surface area (Å²) in [5, 5.41) is 2.98. The molecular weight excluding hydrogens is 314 g/mol. The van der Waals surface area contributed by atoms with Crippen LogP contribution in [0, 0.1) is 5.92 Å². The van der Waals surface area contributed by atoms with E-state index in [1.807, 2.05) is 30.3 Å². The van der Waals surface area contributed by atoms with Crippen molar-refractivity contribution in [2.45, 2.75) is 32.1 Å². The van der Waals surface area contributed by atoms with Gasteiger partial charge in [-0.25, -0.2) is 4.98 Å². The average Bonchev–Trinajstić information content (AvgIpc) is 2.89. The quantitative estimate of drug-likeness (QED) is 0.905. The van der Waals surface area contributed by atoms with Crippen LogP contribution in [-0.4, -0.2) is 45.9 Å². The van der Waals surface area contributed by atoms with Gasteiger partial charge in [-0.15, -0.1) is 0 Å². The Hall–Kier alpha value is -2.50. The highest BCUT2D eigenvalue weighted by Crippen LogP contribution is 2.21. The second-order valence-corrected chi connectivity index (χ2v) is 6.56. The molecule has 1 atom stereocenters. The fourth-order valence-electron chi connectivity index (χ4n) is 3.29. The summed E-state index contributed by atoms with van der Waals surface area (Å²) in [5.41, 5.74) is 2.01. The van der Waals surface area contributed by atoms with E-state index < -0.39 is 0 Å². The number of hydrogen-bond acceptors (Lipinski definition) is 5. The zero-order valence-corrected chi connectivity index (χ0v) is 14.7. The molecule has 3 rings (SSSR count). The van der Waals surface area contributed by atoms with Crippen molar-refractivity contribution in [3.05, 3.63) is 48.2 Å². The number of nitrogens with one attached hydrogen (secondary N) is 1. The molecule has 2 aromatic rings. The first-order valence-electron chi connectivity index (χ1n) is 8.90. The third-order valence-electron chi connectivity index (χ3n) is 4.74. The lowest BCUT2D eigenvalue weighted by atomic mass is 9.95. The number of anilines is 1. The van der Waals surface area contributed by atoms with E-state index in [0.29, 0.717) is 12.3 Å². The van der Waals surface area contributed by atoms with Gasteiger partial charge < -0.3 is 10.2 Å². The smallest absolute Gasteiger partial charge is 0.227 e. The first kappa shape index (κ1) is 17.3. The van der Waals surface area contributed by atoms with E-state index in [9.17, 15) is 4.79 Å². The topological polar surface area (TPSA) is 71.0 Å². The number of amides is 1. The van der Waals surface area contributed by atoms with Crippen LogP contribution in [0.2, 0.25) is 0 Å². The van der Waals surface area contributed by atoms with Gasteiger partial charge in [0.15, 0.2) is 0 Å². The number of pyridine rings is 1. The van der Waals surface area contributed by atoms with E-state index in [1.54, 1.807) is 18.6 Å². The van der Waals surface area contributed by atoms with E-state index in [0.717, 1.165) is 55.8 Å². The predicted molar refractivity (Wildman–Crippen MR) is 97.1 cm³/mol. The number of hydrogen-bond donors (Lipinski definition) is 1. The van der Waals surface area contributed by atoms with E-state index in [1.165, 1.54) is 0 Å². The molecule has 1 fully saturated rings. The highest BCUT2D eigenvalue weighted by molar-refractivity contribution is 5.78. The zero-order valence-electron chi connectivity index (χ0n) is 14.7. The van der Waals surface area contributed by atoms with Gasteiger partial charge in [0.25, 0.3) is 0 Å². The maximum Gasteiger partial charge on any atom is 0.227 e. The van der Waals surface area contributed by atoms with Crippen LogP contribution >= 0.6 is 0 Å². The summed E-state index contributed by atoms with van der Waals surface area (Å²) >= 11 is 0. The standard InChI is InChI=1S/C19H25N5O/c1-20-18-14-22-17(13-23-18)10-15-5-3-8-24(9-6-15)19(25)11-16-4-2-7-21-12-16/h2,4,7,12-15H,3,5-6,8-11H2,1H3,(H,20,23). The van der Waals surface area contributed by atoms with Gasteiger partial charge in [-0.05, 0) is 43.2 Å². The maximum absolute atomic E-state index is 12.5. The Labute approximate surface area is 148 Å². The lowest BCUT2D eigenvalue weighted by Crippen LogP contribution is -2.33. The van der Waals surface area contributed by atoms with Gasteiger partial charge in [0.1, 0.15) is 5.82 Å². The Morgan fingerprint density at radius 1 is 1.24 bits per heavy atom. The summed E-state index contributed by atoms with van der Waals surface area (Å²) < 4.78 is 0. The van der Waals surface area contributed by atoms with Crippen molar-refractivity contribution < 1.29 is 4.79 Å². The zero-order chi connectivity index (χ0) is 17.5. The molecule has 1 aliphatic heterocycles. The second-order valence-electron chi connectivity index (χ2n) is 6.56. The number of carbonyl (C=O) groups is 1. The van der Waals surface area contributed by atoms with E-state index in [-0.39, 0.29) is 5.91 Å². The lowest BCUT2D eigenvalue weighted by Gasteiger charge is -2.20. The lowest BCUT2D eigenvalue weighted by molar-refractivity contribution is -0.130. The van der Waals surface area contributed by atoms with Crippen molar-refractivity contribution in [2.75, 3.05) is 25.5 Å². The molecule has 0 radical (unpaired) electrons. The van der Waals surface area contributed by atoms with Crippen LogP contribution in [0.4, 0.5) is 5.82 Å². The summed E-state index contributed by atoms with van der Waals surface area (Å²) in [7, 11) is 1.84. The third-order valence-corrected chi connectivity index (χ3v) is 4.74. The van der Waals surface area contributed by atoms with Crippen molar-refractivity contribution in [1.29, 1.82) is 0 Å². The number of likely N-dealkylation sites (tertiary alicyclic amines) is 1. The SMILES string of the molecule is CNc1cnc(CC2CCCN(C(=O)Cc3cccnc3)CC2)cn1. The highest BCUT2D eigenvalue weighted by Gasteiger charge is 2.21.